The van der Waals surface area contributed by atoms with Gasteiger partial charge in [0.1, 0.15) is 11.4 Å². The van der Waals surface area contributed by atoms with Crippen molar-refractivity contribution in [2.75, 3.05) is 14.2 Å². The summed E-state index contributed by atoms with van der Waals surface area (Å²) in [5.41, 5.74) is 0.927. The first-order chi connectivity index (χ1) is 9.07. The molecule has 3 rings (SSSR count). The molecule has 1 saturated heterocycles. The molecule has 2 unspecified atom stereocenters. The first kappa shape index (κ1) is 12.5. The topological polar surface area (TPSA) is 48.1 Å². The molecule has 0 amide bonds. The van der Waals surface area contributed by atoms with Crippen molar-refractivity contribution < 1.29 is 19.0 Å². The zero-order chi connectivity index (χ0) is 13.7. The summed E-state index contributed by atoms with van der Waals surface area (Å²) in [6.07, 6.45) is 2.88. The number of aryl methyl sites for hydroxylation is 1. The minimum absolute atomic E-state index is 0.303. The molecule has 1 heterocycles. The smallest absolute Gasteiger partial charge is 0.341 e. The van der Waals surface area contributed by atoms with Crippen LogP contribution in [0, 0.1) is 0 Å². The summed E-state index contributed by atoms with van der Waals surface area (Å²) in [5.74, 6) is 0.492. The molecule has 4 heteroatoms. The maximum absolute atomic E-state index is 12.0. The van der Waals surface area contributed by atoms with Gasteiger partial charge in [-0.05, 0) is 49.4 Å². The molecule has 1 aliphatic heterocycles. The first-order valence-electron chi connectivity index (χ1n) is 6.53. The van der Waals surface area contributed by atoms with Gasteiger partial charge >= 0.3 is 5.97 Å². The fourth-order valence-electron chi connectivity index (χ4n) is 3.26. The molecule has 2 aliphatic rings. The highest BCUT2D eigenvalue weighted by Gasteiger charge is 2.74. The lowest BCUT2D eigenvalue weighted by molar-refractivity contribution is -0.146. The van der Waals surface area contributed by atoms with Gasteiger partial charge in [-0.2, -0.15) is 0 Å². The molecule has 1 aromatic rings. The van der Waals surface area contributed by atoms with Crippen molar-refractivity contribution in [3.63, 3.8) is 0 Å². The number of ether oxygens (including phenoxy) is 3. The number of benzene rings is 1. The maximum Gasteiger partial charge on any atom is 0.341 e. The van der Waals surface area contributed by atoms with Crippen LogP contribution in [0.15, 0.2) is 18.2 Å². The SMILES string of the molecule is COC(=O)C1(C)OC12CCCc1ccc(OC)cc12. The summed E-state index contributed by atoms with van der Waals surface area (Å²) < 4.78 is 16.0. The minimum Gasteiger partial charge on any atom is -0.497 e. The van der Waals surface area contributed by atoms with Crippen molar-refractivity contribution >= 4 is 5.97 Å². The largest absolute Gasteiger partial charge is 0.497 e. The van der Waals surface area contributed by atoms with Gasteiger partial charge in [0.25, 0.3) is 0 Å². The molecule has 4 nitrogen and oxygen atoms in total. The normalized spacial score (nSPS) is 31.7. The Morgan fingerprint density at radius 1 is 1.37 bits per heavy atom. The van der Waals surface area contributed by atoms with Gasteiger partial charge < -0.3 is 14.2 Å². The van der Waals surface area contributed by atoms with E-state index in [9.17, 15) is 4.79 Å². The Morgan fingerprint density at radius 3 is 2.84 bits per heavy atom. The zero-order valence-corrected chi connectivity index (χ0v) is 11.5. The lowest BCUT2D eigenvalue weighted by atomic mass is 9.76. The monoisotopic (exact) mass is 262 g/mol. The highest BCUT2D eigenvalue weighted by Crippen LogP contribution is 2.62. The van der Waals surface area contributed by atoms with Gasteiger partial charge in [0.05, 0.1) is 14.2 Å². The number of methoxy groups -OCH3 is 2. The Morgan fingerprint density at radius 2 is 2.16 bits per heavy atom. The number of rotatable bonds is 2. The summed E-state index contributed by atoms with van der Waals surface area (Å²) in [6.45, 7) is 1.81. The van der Waals surface area contributed by atoms with E-state index in [1.165, 1.54) is 12.7 Å². The molecule has 1 fully saturated rings. The number of carbonyl (C=O) groups excluding carboxylic acids is 1. The van der Waals surface area contributed by atoms with Crippen LogP contribution in [0.4, 0.5) is 0 Å². The molecule has 1 aromatic carbocycles. The molecule has 1 aliphatic carbocycles. The Bertz CT molecular complexity index is 539. The number of esters is 1. The predicted octanol–water partition coefficient (Wildman–Crippen LogP) is 2.19. The van der Waals surface area contributed by atoms with E-state index in [1.54, 1.807) is 7.11 Å². The number of fused-ring (bicyclic) bond motifs is 2. The van der Waals surface area contributed by atoms with Crippen LogP contribution in [0.5, 0.6) is 5.75 Å². The van der Waals surface area contributed by atoms with Crippen LogP contribution in [0.1, 0.15) is 30.9 Å². The summed E-state index contributed by atoms with van der Waals surface area (Å²) in [4.78, 5) is 12.0. The Labute approximate surface area is 112 Å². The van der Waals surface area contributed by atoms with Crippen LogP contribution in [0.3, 0.4) is 0 Å². The van der Waals surface area contributed by atoms with E-state index < -0.39 is 11.2 Å². The fraction of sp³-hybridized carbons (Fsp3) is 0.533. The van der Waals surface area contributed by atoms with E-state index in [4.69, 9.17) is 14.2 Å². The van der Waals surface area contributed by atoms with Gasteiger partial charge in [-0.3, -0.25) is 0 Å². The van der Waals surface area contributed by atoms with Gasteiger partial charge in [0, 0.05) is 0 Å². The Kier molecular flexibility index (Phi) is 2.61. The van der Waals surface area contributed by atoms with Gasteiger partial charge in [-0.15, -0.1) is 0 Å². The summed E-state index contributed by atoms with van der Waals surface area (Å²) in [6, 6.07) is 6.01. The van der Waals surface area contributed by atoms with E-state index in [0.717, 1.165) is 30.6 Å². The van der Waals surface area contributed by atoms with E-state index >= 15 is 0 Å². The zero-order valence-electron chi connectivity index (χ0n) is 11.5. The molecule has 102 valence electrons. The van der Waals surface area contributed by atoms with Crippen molar-refractivity contribution in [1.82, 2.24) is 0 Å². The van der Waals surface area contributed by atoms with E-state index in [1.807, 2.05) is 19.1 Å². The summed E-state index contributed by atoms with van der Waals surface area (Å²) in [5, 5.41) is 0. The van der Waals surface area contributed by atoms with Crippen LogP contribution in [0.25, 0.3) is 0 Å². The molecule has 0 bridgehead atoms. The van der Waals surface area contributed by atoms with E-state index in [-0.39, 0.29) is 5.97 Å². The average molecular weight is 262 g/mol. The van der Waals surface area contributed by atoms with E-state index in [2.05, 4.69) is 6.07 Å². The van der Waals surface area contributed by atoms with Crippen molar-refractivity contribution in [2.24, 2.45) is 0 Å². The van der Waals surface area contributed by atoms with Crippen molar-refractivity contribution in [2.45, 2.75) is 37.4 Å². The number of epoxide rings is 1. The number of carbonyl (C=O) groups is 1. The average Bonchev–Trinajstić information content (AvgIpc) is 3.05. The van der Waals surface area contributed by atoms with Gasteiger partial charge in [0.15, 0.2) is 5.60 Å². The van der Waals surface area contributed by atoms with Crippen LogP contribution in [-0.2, 0) is 26.3 Å². The molecule has 2 atom stereocenters. The summed E-state index contributed by atoms with van der Waals surface area (Å²) in [7, 11) is 3.04. The second-order valence-electron chi connectivity index (χ2n) is 5.33. The third kappa shape index (κ3) is 1.53. The maximum atomic E-state index is 12.0. The molecule has 0 saturated carbocycles. The lowest BCUT2D eigenvalue weighted by Crippen LogP contribution is -2.33. The van der Waals surface area contributed by atoms with E-state index in [0.29, 0.717) is 0 Å². The highest BCUT2D eigenvalue weighted by atomic mass is 16.7. The Hall–Kier alpha value is -1.55. The molecule has 1 spiro atoms. The van der Waals surface area contributed by atoms with Crippen molar-refractivity contribution in [3.8, 4) is 5.75 Å². The van der Waals surface area contributed by atoms with Gasteiger partial charge in [-0.25, -0.2) is 4.79 Å². The third-order valence-corrected chi connectivity index (χ3v) is 4.41. The van der Waals surface area contributed by atoms with Crippen LogP contribution >= 0.6 is 0 Å². The standard InChI is InChI=1S/C15H18O4/c1-14(13(16)18-3)15(19-14)8-4-5-10-6-7-11(17-2)9-12(10)15/h6-7,9H,4-5,8H2,1-3H3. The second kappa shape index (κ2) is 3.97. The van der Waals surface area contributed by atoms with Crippen LogP contribution < -0.4 is 4.74 Å². The van der Waals surface area contributed by atoms with Crippen molar-refractivity contribution in [3.05, 3.63) is 29.3 Å². The first-order valence-corrected chi connectivity index (χ1v) is 6.53. The van der Waals surface area contributed by atoms with Crippen LogP contribution in [-0.4, -0.2) is 25.8 Å². The summed E-state index contributed by atoms with van der Waals surface area (Å²) >= 11 is 0. The lowest BCUT2D eigenvalue weighted by Gasteiger charge is -2.25. The molecular weight excluding hydrogens is 244 g/mol. The fourth-order valence-corrected chi connectivity index (χ4v) is 3.26. The third-order valence-electron chi connectivity index (χ3n) is 4.41. The molecule has 0 aromatic heterocycles. The minimum atomic E-state index is -0.858. The number of hydrogen-bond donors (Lipinski definition) is 0. The second-order valence-corrected chi connectivity index (χ2v) is 5.33. The Balaban J connectivity index is 2.07. The van der Waals surface area contributed by atoms with Crippen LogP contribution in [0.2, 0.25) is 0 Å². The van der Waals surface area contributed by atoms with Crippen molar-refractivity contribution in [1.29, 1.82) is 0 Å². The quantitative estimate of drug-likeness (QED) is 0.605. The molecule has 19 heavy (non-hydrogen) atoms. The van der Waals surface area contributed by atoms with Gasteiger partial charge in [0.2, 0.25) is 0 Å². The molecule has 0 N–H and O–H groups in total. The van der Waals surface area contributed by atoms with Gasteiger partial charge in [-0.1, -0.05) is 6.07 Å². The molecular formula is C15H18O4. The molecule has 0 radical (unpaired) electrons. The predicted molar refractivity (Wildman–Crippen MR) is 69.1 cm³/mol. The number of hydrogen-bond acceptors (Lipinski definition) is 4. The highest BCUT2D eigenvalue weighted by molar-refractivity contribution is 5.85.